The molecule has 5 rings (SSSR count). The first-order chi connectivity index (χ1) is 37.9. The smallest absolute Gasteiger partial charge is 0.460 e. The number of hydrogen-bond acceptors (Lipinski definition) is 20. The predicted octanol–water partition coefficient (Wildman–Crippen LogP) is 4.80. The summed E-state index contributed by atoms with van der Waals surface area (Å²) in [5.41, 5.74) is 1.18. The van der Waals surface area contributed by atoms with Crippen molar-refractivity contribution < 1.29 is 96.9 Å². The van der Waals surface area contributed by atoms with Crippen LogP contribution in [0.3, 0.4) is 0 Å². The first kappa shape index (κ1) is 66.5. The van der Waals surface area contributed by atoms with Gasteiger partial charge in [0.05, 0.1) is 24.9 Å². The minimum Gasteiger partial charge on any atom is -0.460 e. The molecule has 5 N–H and O–H groups in total. The third-order valence-electron chi connectivity index (χ3n) is 17.0. The first-order valence-electron chi connectivity index (χ1n) is 28.4. The highest BCUT2D eigenvalue weighted by atomic mass is 16.8. The molecule has 1 amide bonds. The number of ketones is 3. The number of carbonyl (C=O) groups is 6. The molecule has 452 valence electrons. The second-order valence-electron chi connectivity index (χ2n) is 23.0. The van der Waals surface area contributed by atoms with Crippen molar-refractivity contribution in [3.63, 3.8) is 0 Å². The molecule has 20 atom stereocenters. The summed E-state index contributed by atoms with van der Waals surface area (Å²) in [7, 11) is 5.60. The normalized spacial score (nSPS) is 40.8. The largest absolute Gasteiger partial charge is 0.511 e. The van der Waals surface area contributed by atoms with Crippen LogP contribution in [0.2, 0.25) is 0 Å². The zero-order chi connectivity index (χ0) is 59.2. The molecule has 21 heteroatoms. The number of amides is 1. The van der Waals surface area contributed by atoms with Crippen LogP contribution in [0.4, 0.5) is 4.79 Å². The summed E-state index contributed by atoms with van der Waals surface area (Å²) in [6.45, 7) is 11.8. The lowest BCUT2D eigenvalue weighted by atomic mass is 9.78. The number of allylic oxidation sites excluding steroid dienone is 6. The minimum atomic E-state index is -2.49. The quantitative estimate of drug-likeness (QED) is 0.112. The fraction of sp³-hybridized carbons (Fsp3) is 0.763. The SMILES string of the molecule is CO[C@H]1[C@H](OC(=O)O[C@@H]2CC[C@H](C[C@@H](C)[C@@H]3CC(=O)[C@H](C)/C=C(\C)[C@@H](O)[C@@H](OC)C(=O)[C@@H](C)C[C@H](C)\C=C/C=C/C=C(\C)[C@@H](OC)C[C@@H]4CC[C@@H](C)[C@@](O)(O4)C(=O)C(=O)N4CCCCC4C(=O)O3)C[C@H]2OC)O[C@H](CO)[C@@H](O)[C@@H]1O. The van der Waals surface area contributed by atoms with Gasteiger partial charge in [-0.1, -0.05) is 71.1 Å². The van der Waals surface area contributed by atoms with E-state index >= 15 is 0 Å². The Kier molecular flexibility index (Phi) is 25.7. The predicted molar refractivity (Wildman–Crippen MR) is 289 cm³/mol. The Balaban J connectivity index is 1.41. The number of aliphatic hydroxyl groups excluding tert-OH is 4. The molecule has 1 aliphatic carbocycles. The number of aliphatic hydroxyl groups is 5. The molecule has 0 aromatic heterocycles. The van der Waals surface area contributed by atoms with E-state index in [4.69, 9.17) is 42.6 Å². The molecule has 80 heavy (non-hydrogen) atoms. The minimum absolute atomic E-state index is 0.0219. The van der Waals surface area contributed by atoms with E-state index in [0.717, 1.165) is 10.5 Å². The van der Waals surface area contributed by atoms with E-state index in [-0.39, 0.29) is 49.2 Å². The first-order valence-corrected chi connectivity index (χ1v) is 28.4. The van der Waals surface area contributed by atoms with Crippen molar-refractivity contribution in [2.75, 3.05) is 41.6 Å². The molecular weight excluding hydrogens is 1040 g/mol. The zero-order valence-electron chi connectivity index (χ0n) is 48.6. The topological polar surface area (TPSA) is 290 Å². The van der Waals surface area contributed by atoms with Crippen molar-refractivity contribution in [2.45, 2.75) is 211 Å². The van der Waals surface area contributed by atoms with Crippen LogP contribution in [-0.2, 0) is 66.6 Å². The number of fused-ring (bicyclic) bond motifs is 3. The summed E-state index contributed by atoms with van der Waals surface area (Å²) < 4.78 is 51.5. The molecule has 21 nitrogen and oxygen atoms in total. The lowest BCUT2D eigenvalue weighted by molar-refractivity contribution is -0.295. The average Bonchev–Trinajstić information content (AvgIpc) is 3.48. The third-order valence-corrected chi connectivity index (χ3v) is 17.0. The molecule has 4 heterocycles. The Bertz CT molecular complexity index is 2210. The molecule has 4 fully saturated rings. The van der Waals surface area contributed by atoms with E-state index in [1.54, 1.807) is 40.9 Å². The zero-order valence-corrected chi connectivity index (χ0v) is 48.6. The molecule has 1 saturated carbocycles. The van der Waals surface area contributed by atoms with Gasteiger partial charge in [0.25, 0.3) is 11.7 Å². The van der Waals surface area contributed by atoms with Crippen LogP contribution in [0, 0.1) is 35.5 Å². The highest BCUT2D eigenvalue weighted by Gasteiger charge is 2.53. The van der Waals surface area contributed by atoms with Gasteiger partial charge in [0.15, 0.2) is 5.78 Å². The third kappa shape index (κ3) is 16.9. The highest BCUT2D eigenvalue weighted by Crippen LogP contribution is 2.39. The Morgan fingerprint density at radius 3 is 2.20 bits per heavy atom. The molecular formula is C59H91NO20. The van der Waals surface area contributed by atoms with Gasteiger partial charge in [-0.2, -0.15) is 0 Å². The van der Waals surface area contributed by atoms with Crippen LogP contribution in [0.5, 0.6) is 0 Å². The van der Waals surface area contributed by atoms with Crippen molar-refractivity contribution in [1.29, 1.82) is 0 Å². The second-order valence-corrected chi connectivity index (χ2v) is 23.0. The van der Waals surface area contributed by atoms with Gasteiger partial charge in [0, 0.05) is 65.6 Å². The number of methoxy groups -OCH3 is 4. The van der Waals surface area contributed by atoms with E-state index in [1.807, 2.05) is 51.2 Å². The standard InChI is InChI=1S/C59H91NO20/c1-32-17-13-12-14-18-33(2)44(72-8)29-40-22-20-38(7)59(71,80-40)54(67)55(68)60-24-16-15-19-41(60)56(69)76-45(30-42(62)34(3)26-37(6)49(64)52(74-10)48(63)36(5)25-32)35(4)27-39-21-23-43(46(28-39)73-9)78-58(70)79-57-53(75-11)51(66)50(65)47(31-61)77-57/h12-14,17-18,26,32,34-36,38-41,43-47,49-53,57,61,64-66,71H,15-16,19-25,27-31H2,1-11H3/b14-12+,17-13-,33-18+,37-26+/t32-,34-,35-,36+,38-,39-,40+,41?,43-,44+,45+,46-,47-,49-,50-,51+,52+,53-,57+,59-/m1/s1. The monoisotopic (exact) mass is 1130 g/mol. The van der Waals surface area contributed by atoms with E-state index in [0.29, 0.717) is 63.4 Å². The second kappa shape index (κ2) is 30.9. The van der Waals surface area contributed by atoms with Gasteiger partial charge in [-0.3, -0.25) is 19.2 Å². The molecule has 5 aliphatic rings. The molecule has 4 aliphatic heterocycles. The van der Waals surface area contributed by atoms with E-state index in [1.165, 1.54) is 21.3 Å². The maximum absolute atomic E-state index is 14.6. The summed E-state index contributed by atoms with van der Waals surface area (Å²) in [6.07, 6.45) is 0.567. The van der Waals surface area contributed by atoms with Gasteiger partial charge < -0.3 is 73.1 Å². The molecule has 2 bridgehead atoms. The molecule has 0 aromatic rings. The van der Waals surface area contributed by atoms with Gasteiger partial charge in [-0.25, -0.2) is 9.59 Å². The van der Waals surface area contributed by atoms with Crippen LogP contribution in [0.15, 0.2) is 47.6 Å². The molecule has 1 unspecified atom stereocenters. The Hall–Kier alpha value is -4.26. The molecule has 3 saturated heterocycles. The van der Waals surface area contributed by atoms with Gasteiger partial charge >= 0.3 is 12.1 Å². The fourth-order valence-electron chi connectivity index (χ4n) is 11.9. The number of nitrogens with zero attached hydrogens (tertiary/aromatic N) is 1. The number of piperidine rings is 1. The van der Waals surface area contributed by atoms with Crippen LogP contribution in [-0.4, -0.2) is 193 Å². The molecule has 0 spiro atoms. The summed E-state index contributed by atoms with van der Waals surface area (Å²) >= 11 is 0. The van der Waals surface area contributed by atoms with Gasteiger partial charge in [-0.15, -0.1) is 0 Å². The van der Waals surface area contributed by atoms with Gasteiger partial charge in [0.2, 0.25) is 12.1 Å². The van der Waals surface area contributed by atoms with Crippen LogP contribution in [0.25, 0.3) is 0 Å². The summed E-state index contributed by atoms with van der Waals surface area (Å²) in [5, 5.41) is 54.1. The van der Waals surface area contributed by atoms with E-state index < -0.39 is 139 Å². The maximum Gasteiger partial charge on any atom is 0.511 e. The van der Waals surface area contributed by atoms with Gasteiger partial charge in [0.1, 0.15) is 60.7 Å². The lowest BCUT2D eigenvalue weighted by Gasteiger charge is -2.42. The Morgan fingerprint density at radius 1 is 0.812 bits per heavy atom. The van der Waals surface area contributed by atoms with Crippen molar-refractivity contribution in [3.05, 3.63) is 47.6 Å². The van der Waals surface area contributed by atoms with Crippen molar-refractivity contribution in [1.82, 2.24) is 4.90 Å². The van der Waals surface area contributed by atoms with Crippen LogP contribution >= 0.6 is 0 Å². The van der Waals surface area contributed by atoms with E-state index in [9.17, 15) is 54.3 Å². The van der Waals surface area contributed by atoms with Gasteiger partial charge in [-0.05, 0) is 107 Å². The van der Waals surface area contributed by atoms with Crippen molar-refractivity contribution >= 4 is 35.4 Å². The summed E-state index contributed by atoms with van der Waals surface area (Å²) in [5.74, 6) is -8.97. The molecule has 0 radical (unpaired) electrons. The number of esters is 1. The fourth-order valence-corrected chi connectivity index (χ4v) is 11.9. The highest BCUT2D eigenvalue weighted by molar-refractivity contribution is 6.39. The number of carbonyl (C=O) groups excluding carboxylic acids is 6. The summed E-state index contributed by atoms with van der Waals surface area (Å²) in [4.78, 5) is 85.9. The van der Waals surface area contributed by atoms with E-state index in [2.05, 4.69) is 0 Å². The number of ether oxygens (including phenoxy) is 9. The number of rotatable bonds is 10. The van der Waals surface area contributed by atoms with Crippen LogP contribution < -0.4 is 0 Å². The Morgan fingerprint density at radius 2 is 1.54 bits per heavy atom. The van der Waals surface area contributed by atoms with Crippen molar-refractivity contribution in [3.8, 4) is 0 Å². The lowest BCUT2D eigenvalue weighted by Crippen LogP contribution is -2.61. The molecule has 0 aromatic carbocycles. The number of Topliss-reactive ketones (excluding diaryl/α,β-unsaturated/α-hetero) is 3. The average molecular weight is 1130 g/mol. The summed E-state index contributed by atoms with van der Waals surface area (Å²) in [6, 6.07) is -1.23. The Labute approximate surface area is 471 Å². The number of hydrogen-bond donors (Lipinski definition) is 5. The number of cyclic esters (lactones) is 1. The van der Waals surface area contributed by atoms with Crippen LogP contribution in [0.1, 0.15) is 126 Å². The maximum atomic E-state index is 14.6. The van der Waals surface area contributed by atoms with Crippen molar-refractivity contribution in [2.24, 2.45) is 35.5 Å².